The van der Waals surface area contributed by atoms with Crippen molar-refractivity contribution in [2.45, 2.75) is 19.6 Å². The molecule has 0 aromatic heterocycles. The molecule has 154 valence electrons. The molecule has 2 rings (SSSR count). The minimum absolute atomic E-state index is 0.0115. The topological polar surface area (TPSA) is 125 Å². The first-order chi connectivity index (χ1) is 13.5. The Morgan fingerprint density at radius 1 is 1.10 bits per heavy atom. The molecule has 1 amide bonds. The zero-order valence-corrected chi connectivity index (χ0v) is 14.9. The van der Waals surface area contributed by atoms with E-state index >= 15 is 0 Å². The number of amides is 1. The molecule has 0 heterocycles. The Balaban J connectivity index is 2.11. The minimum atomic E-state index is -4.47. The van der Waals surface area contributed by atoms with Crippen molar-refractivity contribution in [3.05, 3.63) is 73.3 Å². The lowest BCUT2D eigenvalue weighted by molar-refractivity contribution is -0.394. The zero-order chi connectivity index (χ0) is 21.8. The van der Waals surface area contributed by atoms with Crippen molar-refractivity contribution < 1.29 is 32.5 Å². The summed E-state index contributed by atoms with van der Waals surface area (Å²) in [6.07, 6.45) is -4.47. The number of nitrogens with zero attached hydrogens (tertiary/aromatic N) is 2. The van der Waals surface area contributed by atoms with Gasteiger partial charge in [0.05, 0.1) is 21.5 Å². The molecule has 0 atom stereocenters. The Morgan fingerprint density at radius 3 is 2.24 bits per heavy atom. The van der Waals surface area contributed by atoms with E-state index in [1.54, 1.807) is 0 Å². The Kier molecular flexibility index (Phi) is 6.36. The number of hydrogen-bond donors (Lipinski definition) is 1. The molecule has 0 unspecified atom stereocenters. The number of alkyl halides is 3. The summed E-state index contributed by atoms with van der Waals surface area (Å²) >= 11 is 0. The summed E-state index contributed by atoms with van der Waals surface area (Å²) in [5.41, 5.74) is -0.908. The number of carbonyl (C=O) groups is 1. The normalized spacial score (nSPS) is 11.0. The molecule has 0 aliphatic rings. The van der Waals surface area contributed by atoms with Crippen LogP contribution in [0.15, 0.2) is 36.4 Å². The maximum atomic E-state index is 12.4. The van der Waals surface area contributed by atoms with Crippen LogP contribution < -0.4 is 10.1 Å². The van der Waals surface area contributed by atoms with E-state index in [0.717, 1.165) is 12.1 Å². The smallest absolute Gasteiger partial charge is 0.422 e. The number of ether oxygens (including phenoxy) is 1. The van der Waals surface area contributed by atoms with Crippen molar-refractivity contribution in [2.75, 3.05) is 6.61 Å². The highest BCUT2D eigenvalue weighted by atomic mass is 19.4. The average Bonchev–Trinajstić information content (AvgIpc) is 2.64. The van der Waals surface area contributed by atoms with Gasteiger partial charge >= 0.3 is 6.18 Å². The van der Waals surface area contributed by atoms with Gasteiger partial charge in [-0.2, -0.15) is 13.2 Å². The summed E-state index contributed by atoms with van der Waals surface area (Å²) in [7, 11) is 0. The van der Waals surface area contributed by atoms with Crippen LogP contribution in [0.1, 0.15) is 21.5 Å². The molecule has 0 aliphatic heterocycles. The number of benzene rings is 2. The fourth-order valence-electron chi connectivity index (χ4n) is 2.36. The van der Waals surface area contributed by atoms with E-state index in [0.29, 0.717) is 5.56 Å². The number of nitro benzene ring substituents is 2. The van der Waals surface area contributed by atoms with Crippen molar-refractivity contribution in [2.24, 2.45) is 0 Å². The number of carbonyl (C=O) groups excluding carboxylic acids is 1. The highest BCUT2D eigenvalue weighted by Gasteiger charge is 2.28. The van der Waals surface area contributed by atoms with Gasteiger partial charge in [0, 0.05) is 18.2 Å². The van der Waals surface area contributed by atoms with Crippen LogP contribution in [0, 0.1) is 27.2 Å². The first-order valence-corrected chi connectivity index (χ1v) is 7.98. The lowest BCUT2D eigenvalue weighted by Gasteiger charge is -2.10. The molecule has 2 aromatic carbocycles. The molecule has 0 radical (unpaired) electrons. The van der Waals surface area contributed by atoms with Gasteiger partial charge in [-0.25, -0.2) is 0 Å². The molecular weight excluding hydrogens is 399 g/mol. The Bertz CT molecular complexity index is 945. The van der Waals surface area contributed by atoms with Gasteiger partial charge in [-0.3, -0.25) is 25.0 Å². The third-order valence-corrected chi connectivity index (χ3v) is 3.80. The van der Waals surface area contributed by atoms with Gasteiger partial charge in [-0.1, -0.05) is 12.1 Å². The largest absolute Gasteiger partial charge is 0.484 e. The van der Waals surface area contributed by atoms with Crippen LogP contribution in [0.3, 0.4) is 0 Å². The number of nitrogens with one attached hydrogen (secondary N) is 1. The van der Waals surface area contributed by atoms with Crippen LogP contribution in [0.5, 0.6) is 5.75 Å². The summed E-state index contributed by atoms with van der Waals surface area (Å²) in [5, 5.41) is 24.5. The first kappa shape index (κ1) is 21.6. The third-order valence-electron chi connectivity index (χ3n) is 3.80. The lowest BCUT2D eigenvalue weighted by Crippen LogP contribution is -2.24. The zero-order valence-electron chi connectivity index (χ0n) is 14.9. The standard InChI is InChI=1S/C17H14F3N3O6/c1-10-14(6-12(22(25)26)7-15(10)23(27)28)16(24)21-8-11-2-4-13(5-3-11)29-9-17(18,19)20/h2-7H,8-9H2,1H3,(H,21,24). The van der Waals surface area contributed by atoms with Crippen molar-refractivity contribution in [3.8, 4) is 5.75 Å². The SMILES string of the molecule is Cc1c(C(=O)NCc2ccc(OCC(F)(F)F)cc2)cc([N+](=O)[O-])cc1[N+](=O)[O-]. The molecule has 12 heteroatoms. The summed E-state index contributed by atoms with van der Waals surface area (Å²) in [4.78, 5) is 32.7. The van der Waals surface area contributed by atoms with Crippen LogP contribution in [-0.4, -0.2) is 28.5 Å². The Morgan fingerprint density at radius 2 is 1.72 bits per heavy atom. The number of rotatable bonds is 7. The predicted octanol–water partition coefficient (Wildman–Crippen LogP) is 3.68. The number of halogens is 3. The van der Waals surface area contributed by atoms with E-state index in [1.807, 2.05) is 0 Å². The third kappa shape index (κ3) is 5.89. The molecule has 0 saturated heterocycles. The molecule has 0 fully saturated rings. The second-order valence-electron chi connectivity index (χ2n) is 5.88. The Labute approximate surface area is 161 Å². The molecule has 29 heavy (non-hydrogen) atoms. The van der Waals surface area contributed by atoms with Gasteiger partial charge in [-0.15, -0.1) is 0 Å². The molecular formula is C17H14F3N3O6. The summed E-state index contributed by atoms with van der Waals surface area (Å²) in [6.45, 7) is -0.203. The molecule has 9 nitrogen and oxygen atoms in total. The quantitative estimate of drug-likeness (QED) is 0.545. The van der Waals surface area contributed by atoms with Crippen LogP contribution in [0.25, 0.3) is 0 Å². The second kappa shape index (κ2) is 8.54. The Hall–Kier alpha value is -3.70. The number of nitro groups is 2. The maximum Gasteiger partial charge on any atom is 0.422 e. The van der Waals surface area contributed by atoms with Gasteiger partial charge in [-0.05, 0) is 24.6 Å². The molecule has 2 aromatic rings. The van der Waals surface area contributed by atoms with Crippen LogP contribution in [-0.2, 0) is 6.54 Å². The van der Waals surface area contributed by atoms with E-state index in [1.165, 1.54) is 31.2 Å². The van der Waals surface area contributed by atoms with Gasteiger partial charge < -0.3 is 10.1 Å². The van der Waals surface area contributed by atoms with Gasteiger partial charge in [0.15, 0.2) is 6.61 Å². The average molecular weight is 413 g/mol. The predicted molar refractivity (Wildman–Crippen MR) is 93.7 cm³/mol. The van der Waals surface area contributed by atoms with Gasteiger partial charge in [0.25, 0.3) is 17.3 Å². The fraction of sp³-hybridized carbons (Fsp3) is 0.235. The van der Waals surface area contributed by atoms with E-state index in [9.17, 15) is 38.2 Å². The monoisotopic (exact) mass is 413 g/mol. The summed E-state index contributed by atoms with van der Waals surface area (Å²) in [5.74, 6) is -0.783. The van der Waals surface area contributed by atoms with Crippen molar-refractivity contribution in [1.82, 2.24) is 5.32 Å². The highest BCUT2D eigenvalue weighted by molar-refractivity contribution is 5.97. The van der Waals surface area contributed by atoms with E-state index in [2.05, 4.69) is 10.1 Å². The molecule has 0 saturated carbocycles. The van der Waals surface area contributed by atoms with E-state index in [-0.39, 0.29) is 23.4 Å². The summed E-state index contributed by atoms with van der Waals surface area (Å²) < 4.78 is 40.9. The molecule has 0 bridgehead atoms. The van der Waals surface area contributed by atoms with E-state index in [4.69, 9.17) is 0 Å². The van der Waals surface area contributed by atoms with Gasteiger partial charge in [0.1, 0.15) is 5.75 Å². The van der Waals surface area contributed by atoms with E-state index < -0.39 is 39.9 Å². The molecule has 1 N–H and O–H groups in total. The van der Waals surface area contributed by atoms with Crippen LogP contribution >= 0.6 is 0 Å². The van der Waals surface area contributed by atoms with Crippen molar-refractivity contribution >= 4 is 17.3 Å². The van der Waals surface area contributed by atoms with Gasteiger partial charge in [0.2, 0.25) is 0 Å². The first-order valence-electron chi connectivity index (χ1n) is 7.98. The van der Waals surface area contributed by atoms with Crippen molar-refractivity contribution in [1.29, 1.82) is 0 Å². The minimum Gasteiger partial charge on any atom is -0.484 e. The molecule has 0 spiro atoms. The second-order valence-corrected chi connectivity index (χ2v) is 5.88. The maximum absolute atomic E-state index is 12.4. The highest BCUT2D eigenvalue weighted by Crippen LogP contribution is 2.28. The molecule has 0 aliphatic carbocycles. The lowest BCUT2D eigenvalue weighted by atomic mass is 10.0. The fourth-order valence-corrected chi connectivity index (χ4v) is 2.36. The van der Waals surface area contributed by atoms with Crippen LogP contribution in [0.2, 0.25) is 0 Å². The van der Waals surface area contributed by atoms with Crippen molar-refractivity contribution in [3.63, 3.8) is 0 Å². The summed E-state index contributed by atoms with van der Waals surface area (Å²) in [6, 6.07) is 7.13. The number of non-ortho nitro benzene ring substituents is 1. The van der Waals surface area contributed by atoms with Crippen LogP contribution in [0.4, 0.5) is 24.5 Å². The number of hydrogen-bond acceptors (Lipinski definition) is 6.